The van der Waals surface area contributed by atoms with E-state index in [1.165, 1.54) is 255 Å². The van der Waals surface area contributed by atoms with Crippen LogP contribution in [-0.4, -0.2) is 0 Å². The first-order chi connectivity index (χ1) is 64.0. The Balaban J connectivity index is 0.000000311. The van der Waals surface area contributed by atoms with Crippen LogP contribution in [0, 0.1) is 258 Å². The van der Waals surface area contributed by atoms with Crippen molar-refractivity contribution in [3.8, 4) is 0 Å². The van der Waals surface area contributed by atoms with Crippen molar-refractivity contribution in [3.05, 3.63) is 302 Å². The number of hydrogen-bond donors (Lipinski definition) is 0. The molecule has 0 aromatic carbocycles. The summed E-state index contributed by atoms with van der Waals surface area (Å²) in [6.45, 7) is 35.0. The Kier molecular flexibility index (Phi) is 58.9. The maximum absolute atomic E-state index is 4.93. The number of fused-ring (bicyclic) bond motifs is 12. The van der Waals surface area contributed by atoms with Crippen molar-refractivity contribution in [2.45, 2.75) is 299 Å². The third kappa shape index (κ3) is 30.3. The van der Waals surface area contributed by atoms with Crippen LogP contribution >= 0.6 is 68.1 Å². The normalized spacial score (nSPS) is 35.8. The molecular weight excluding hydrogens is 2190 g/mol. The molecule has 140 heavy (non-hydrogen) atoms. The molecule has 0 nitrogen and oxygen atoms in total. The van der Waals surface area contributed by atoms with Crippen molar-refractivity contribution in [3.63, 3.8) is 0 Å². The van der Waals surface area contributed by atoms with Crippen LogP contribution < -0.4 is 0 Å². The fraction of sp³-hybridized carbons (Fsp3) is 0.625. The zero-order valence-corrected chi connectivity index (χ0v) is 106. The number of halogens is 8. The van der Waals surface area contributed by atoms with Gasteiger partial charge in [-0.1, -0.05) is 337 Å². The fourth-order valence-electron chi connectivity index (χ4n) is 34.1. The standard InChI is InChI=1S/C33H48.C32H46.C28H38.C27H36.8CH3.8ClH.4Zr/c1-6-7-11-24-13-14-26(21-24)33(18-9-8-10-19-33)31-29-20-23(2)12-16-27(29)28-17-15-25(22-30(28)31)32(3,4)5;1-6-7-10-23-12-13-25(20-23)32(17-8-9-18-32)30-28-19-22(2)11-15-26(28)27-16-14-24(21-29(27)30)31(3,4)5;1-2-3-11-21-16-17-22(20-21)28(18-9-4-10-19-28)27-25-14-7-5-12-23(25)24-13-6-8-15-26(24)27;1-2-3-10-20-15-16-21(19-20)27(17-8-9-18-27)26-24-13-6-4-11-22(24)23-12-5-7-14-25(23)26;;;;;;;;;;;;;;;;;;;;/h6,12,15-17,20,22,24,26-31H,1,7-11,13-14,18-19,21H2,2-5H3;6,11,14-16,19,21,23,25-30H,1,7-10,12-13,17-18,20H2,2-5H3;2,5-8,12-15,21-27H,1,3-4,9-11,16-20H2;2,4-7,11-14,20-26H,1,3,8-10,15-19H2;8*1H3;8*1H;;;;/q;;;;8*-1;;;;;;;;;4*+4/p-8. The summed E-state index contributed by atoms with van der Waals surface area (Å²) in [5.74, 6) is 22.7. The topological polar surface area (TPSA) is 0 Å². The third-order valence-corrected chi connectivity index (χ3v) is 39.1. The van der Waals surface area contributed by atoms with E-state index >= 15 is 0 Å². The van der Waals surface area contributed by atoms with Gasteiger partial charge in [-0.2, -0.15) is 0 Å². The predicted molar refractivity (Wildman–Crippen MR) is 614 cm³/mol. The molecule has 20 rings (SSSR count). The average Bonchev–Trinajstić information content (AvgIpc) is 1.56. The minimum absolute atomic E-state index is 0. The summed E-state index contributed by atoms with van der Waals surface area (Å²) in [4.78, 5) is 0. The summed E-state index contributed by atoms with van der Waals surface area (Å²) in [7, 11) is 39.5. The molecule has 12 fully saturated rings. The molecule has 0 aromatic rings. The van der Waals surface area contributed by atoms with Crippen molar-refractivity contribution in [2.75, 3.05) is 0 Å². The molecule has 776 valence electrons. The van der Waals surface area contributed by atoms with E-state index in [2.05, 4.69) is 276 Å². The van der Waals surface area contributed by atoms with Crippen LogP contribution in [-0.2, 0) is 83.4 Å². The van der Waals surface area contributed by atoms with E-state index in [9.17, 15) is 0 Å². The van der Waals surface area contributed by atoms with Gasteiger partial charge in [0.2, 0.25) is 0 Å². The van der Waals surface area contributed by atoms with Crippen molar-refractivity contribution >= 4 is 68.1 Å². The zero-order valence-electron chi connectivity index (χ0n) is 90.4. The summed E-state index contributed by atoms with van der Waals surface area (Å²) in [5.41, 5.74) is 8.97. The molecular formula is C128H192Cl8Zr4. The van der Waals surface area contributed by atoms with Crippen LogP contribution in [0.25, 0.3) is 0 Å². The summed E-state index contributed by atoms with van der Waals surface area (Å²) in [6.07, 6.45) is 134. The first kappa shape index (κ1) is 131. The van der Waals surface area contributed by atoms with Gasteiger partial charge in [-0.05, 0) is 377 Å². The SMILES string of the molecule is C=CCCC1CCC(C2(C3C4C=C(C)C=CC4C4C=CC(C(C)(C)C)=CC43)CCCC2)C1.C=CCCC1CCC(C2(C3C4C=C(C)C=CC4C4C=CC(C(C)(C)C)=CC43)CCCCC2)C1.C=CCCC1CCC(C2(C3C4C=CC=CC4C4C=CC=CC43)CCCC2)C1.C=CCCC1CCC(C2(C3C4C=CC=CC4C4C=CC=CC43)CCCCC2)C1.[CH3-].[CH3-].[CH3-].[CH3-].[CH3-].[CH3-].[CH3-].[CH3-].[Cl][Zr+2][Cl].[Cl][Zr+2][Cl].[Cl][Zr+2][Cl].[Cl][Zr+2][Cl]. The van der Waals surface area contributed by atoms with Crippen LogP contribution in [0.3, 0.4) is 0 Å². The van der Waals surface area contributed by atoms with Crippen molar-refractivity contribution in [1.29, 1.82) is 0 Å². The van der Waals surface area contributed by atoms with Gasteiger partial charge in [-0.15, -0.1) is 26.3 Å². The molecule has 0 saturated heterocycles. The molecule has 12 saturated carbocycles. The van der Waals surface area contributed by atoms with Crippen LogP contribution in [0.1, 0.15) is 299 Å². The zero-order chi connectivity index (χ0) is 93.8. The second-order valence-corrected chi connectivity index (χ2v) is 62.1. The molecule has 0 radical (unpaired) electrons. The number of rotatable bonds is 20. The molecule has 0 aliphatic heterocycles. The summed E-state index contributed by atoms with van der Waals surface area (Å²) in [6, 6.07) is 0. The van der Waals surface area contributed by atoms with Crippen molar-refractivity contribution in [1.82, 2.24) is 0 Å². The first-order valence-corrected chi connectivity index (χ1v) is 78.5. The Morgan fingerprint density at radius 3 is 0.664 bits per heavy atom. The van der Waals surface area contributed by atoms with E-state index in [1.54, 1.807) is 11.1 Å². The van der Waals surface area contributed by atoms with E-state index in [4.69, 9.17) is 68.1 Å². The van der Waals surface area contributed by atoms with E-state index in [1.807, 2.05) is 0 Å². The molecule has 12 heteroatoms. The van der Waals surface area contributed by atoms with Crippen molar-refractivity contribution < 1.29 is 83.4 Å². The number of hydrogen-bond acceptors (Lipinski definition) is 0. The van der Waals surface area contributed by atoms with Gasteiger partial charge in [0.15, 0.2) is 0 Å². The molecule has 26 atom stereocenters. The van der Waals surface area contributed by atoms with Gasteiger partial charge in [0.25, 0.3) is 0 Å². The van der Waals surface area contributed by atoms with Gasteiger partial charge in [0.05, 0.1) is 0 Å². The minimum atomic E-state index is -0.826. The van der Waals surface area contributed by atoms with Gasteiger partial charge < -0.3 is 59.4 Å². The van der Waals surface area contributed by atoms with Crippen LogP contribution in [0.5, 0.6) is 0 Å². The molecule has 0 spiro atoms. The molecule has 0 N–H and O–H groups in total. The van der Waals surface area contributed by atoms with E-state index in [0.29, 0.717) is 45.3 Å². The molecule has 26 unspecified atom stereocenters. The van der Waals surface area contributed by atoms with E-state index in [0.717, 1.165) is 142 Å². The second kappa shape index (κ2) is 62.9. The van der Waals surface area contributed by atoms with E-state index < -0.39 is 83.4 Å². The molecule has 20 aliphatic rings. The monoisotopic (exact) mass is 2370 g/mol. The van der Waals surface area contributed by atoms with Gasteiger partial charge in [0, 0.05) is 0 Å². The Bertz CT molecular complexity index is 4150. The summed E-state index contributed by atoms with van der Waals surface area (Å²) < 4.78 is 0. The molecule has 0 heterocycles. The molecule has 0 aromatic heterocycles. The van der Waals surface area contributed by atoms with E-state index in [-0.39, 0.29) is 70.2 Å². The van der Waals surface area contributed by atoms with Crippen molar-refractivity contribution in [2.24, 2.45) is 198 Å². The quantitative estimate of drug-likeness (QED) is 0.0842. The second-order valence-electron chi connectivity index (χ2n) is 47.1. The molecule has 0 bridgehead atoms. The average molecular weight is 2380 g/mol. The predicted octanol–water partition coefficient (Wildman–Crippen LogP) is 42.6. The van der Waals surface area contributed by atoms with Gasteiger partial charge in [-0.3, -0.25) is 0 Å². The van der Waals surface area contributed by atoms with Gasteiger partial charge >= 0.3 is 151 Å². The molecule has 0 amide bonds. The third-order valence-electron chi connectivity index (χ3n) is 39.1. The van der Waals surface area contributed by atoms with Gasteiger partial charge in [-0.25, -0.2) is 0 Å². The van der Waals surface area contributed by atoms with Gasteiger partial charge in [0.1, 0.15) is 0 Å². The maximum atomic E-state index is 4.93. The Labute approximate surface area is 940 Å². The Hall–Kier alpha value is 0.652. The summed E-state index contributed by atoms with van der Waals surface area (Å²) in [5, 5.41) is 0. The van der Waals surface area contributed by atoms with Crippen LogP contribution in [0.2, 0.25) is 0 Å². The fourth-order valence-corrected chi connectivity index (χ4v) is 34.1. The van der Waals surface area contributed by atoms with Crippen LogP contribution in [0.15, 0.2) is 243 Å². The first-order valence-electron chi connectivity index (χ1n) is 53.2. The molecule has 20 aliphatic carbocycles. The Morgan fingerprint density at radius 2 is 0.450 bits per heavy atom. The summed E-state index contributed by atoms with van der Waals surface area (Å²) >= 11 is -3.30. The number of allylic oxidation sites excluding steroid dienone is 36. The van der Waals surface area contributed by atoms with Crippen LogP contribution in [0.4, 0.5) is 0 Å². The Morgan fingerprint density at radius 1 is 0.264 bits per heavy atom.